The summed E-state index contributed by atoms with van der Waals surface area (Å²) in [6, 6.07) is 16.1. The molecule has 75 heavy (non-hydrogen) atoms. The first-order valence-electron chi connectivity index (χ1n) is 19.7. The second kappa shape index (κ2) is 24.6. The molecule has 0 atom stereocenters. The number of anilines is 5. The number of rotatable bonds is 26. The standard InChI is InChI=1S/C36H33FN10O21S7/c37-34-41-35(39-20-1-6-23(7-2-20)71(51,52)15-13-64-75(61,62)63)43-36(42-34)40-22-5-12-30(74(58,59)60)28(17-22)45-47-32-29(70-68-66-50)18-26-25(33(32)48)10-11-27(38-19-73(55,56)57)31(26)46-44-21-3-8-24(9-4-21)72(53,54)16-14-69-67-65-49/h1-12,17-18,38,48-50H,13-16,19H2,(H,55,56,57)(H,58,59,60)(H,61,62,63)(H2,39,40,41,42,43)/b46-44+,47-45+. The van der Waals surface area contributed by atoms with Crippen molar-refractivity contribution in [2.75, 3.05) is 45.7 Å². The van der Waals surface area contributed by atoms with Gasteiger partial charge in [-0.2, -0.15) is 49.7 Å². The first kappa shape index (κ1) is 58.0. The number of aromatic nitrogens is 3. The van der Waals surface area contributed by atoms with Crippen LogP contribution in [-0.2, 0) is 73.2 Å². The molecule has 6 aromatic rings. The summed E-state index contributed by atoms with van der Waals surface area (Å²) in [6.45, 7) is -0.873. The SMILES string of the molecule is O=S(=O)(O)CNc1ccc2c(O)c(/N=N/c3cc(Nc4nc(F)nc(Nc5ccc(S(=O)(=O)CCOS(=O)(=O)O)cc5)n4)ccc3S(=O)(=O)O)c(SOOO)cc2c1/N=N/c1ccc(S(=O)(=O)CCSOOO)cc1. The van der Waals surface area contributed by atoms with E-state index in [-0.39, 0.29) is 71.7 Å². The van der Waals surface area contributed by atoms with E-state index in [0.29, 0.717) is 12.0 Å². The number of halogens is 1. The molecule has 0 aliphatic heterocycles. The number of hydrogen-bond donors (Lipinski definition) is 9. The quantitative estimate of drug-likeness (QED) is 0.00693. The molecule has 0 aliphatic carbocycles. The first-order valence-corrected chi connectivity index (χ1v) is 29.1. The first-order chi connectivity index (χ1) is 35.2. The largest absolute Gasteiger partial charge is 0.505 e. The number of phenols is 1. The van der Waals surface area contributed by atoms with Gasteiger partial charge in [0.25, 0.3) is 20.2 Å². The summed E-state index contributed by atoms with van der Waals surface area (Å²) in [4.78, 5) is 9.55. The highest BCUT2D eigenvalue weighted by Crippen LogP contribution is 2.48. The summed E-state index contributed by atoms with van der Waals surface area (Å²) >= 11 is 0.721. The lowest BCUT2D eigenvalue weighted by atomic mass is 10.1. The molecule has 0 saturated heterocycles. The number of aromatic hydroxyl groups is 1. The fourth-order valence-electron chi connectivity index (χ4n) is 6.01. The monoisotopic (exact) mass is 1180 g/mol. The minimum absolute atomic E-state index is 0.0519. The van der Waals surface area contributed by atoms with Gasteiger partial charge in [-0.15, -0.1) is 24.0 Å². The maximum Gasteiger partial charge on any atom is 0.397 e. The third-order valence-electron chi connectivity index (χ3n) is 9.19. The van der Waals surface area contributed by atoms with Crippen LogP contribution >= 0.6 is 24.1 Å². The van der Waals surface area contributed by atoms with E-state index in [0.717, 1.165) is 30.3 Å². The van der Waals surface area contributed by atoms with Gasteiger partial charge < -0.3 is 21.1 Å². The van der Waals surface area contributed by atoms with Gasteiger partial charge in [-0.3, -0.25) is 13.7 Å². The van der Waals surface area contributed by atoms with Crippen LogP contribution in [0.15, 0.2) is 125 Å². The molecule has 6 rings (SSSR count). The highest BCUT2D eigenvalue weighted by molar-refractivity contribution is 7.97. The molecule has 39 heteroatoms. The number of nitrogens with zero attached hydrogens (tertiary/aromatic N) is 7. The molecular formula is C36H33FN10O21S7. The number of azo groups is 2. The van der Waals surface area contributed by atoms with Crippen LogP contribution in [-0.4, -0.2) is 116 Å². The van der Waals surface area contributed by atoms with Crippen LogP contribution in [0.3, 0.4) is 0 Å². The van der Waals surface area contributed by atoms with Crippen molar-refractivity contribution in [1.29, 1.82) is 0 Å². The Morgan fingerprint density at radius 1 is 0.640 bits per heavy atom. The molecule has 0 fully saturated rings. The molecule has 9 N–H and O–H groups in total. The van der Waals surface area contributed by atoms with Gasteiger partial charge in [0.1, 0.15) is 27.8 Å². The maximum atomic E-state index is 14.7. The van der Waals surface area contributed by atoms with Gasteiger partial charge in [0.2, 0.25) is 11.9 Å². The van der Waals surface area contributed by atoms with E-state index in [1.54, 1.807) is 0 Å². The fraction of sp³-hybridized carbons (Fsp3) is 0.139. The highest BCUT2D eigenvalue weighted by Gasteiger charge is 2.23. The van der Waals surface area contributed by atoms with E-state index in [1.165, 1.54) is 54.6 Å². The summed E-state index contributed by atoms with van der Waals surface area (Å²) < 4.78 is 176. The molecule has 1 heterocycles. The summed E-state index contributed by atoms with van der Waals surface area (Å²) in [7, 11) is -22.6. The van der Waals surface area contributed by atoms with E-state index < -0.39 is 114 Å². The third-order valence-corrected chi connectivity index (χ3v) is 15.9. The van der Waals surface area contributed by atoms with Crippen molar-refractivity contribution in [3.63, 3.8) is 0 Å². The van der Waals surface area contributed by atoms with Gasteiger partial charge >= 0.3 is 16.5 Å². The normalized spacial score (nSPS) is 12.7. The van der Waals surface area contributed by atoms with Crippen LogP contribution in [0.5, 0.6) is 5.75 Å². The summed E-state index contributed by atoms with van der Waals surface area (Å²) in [5.74, 6) is -4.10. The highest BCUT2D eigenvalue weighted by atomic mass is 32.3. The van der Waals surface area contributed by atoms with Gasteiger partial charge in [0.15, 0.2) is 25.4 Å². The fourth-order valence-corrected chi connectivity index (χ4v) is 11.0. The van der Waals surface area contributed by atoms with E-state index in [2.05, 4.69) is 74.3 Å². The lowest BCUT2D eigenvalue weighted by Gasteiger charge is -2.14. The summed E-state index contributed by atoms with van der Waals surface area (Å²) in [5, 5.41) is 59.7. The van der Waals surface area contributed by atoms with E-state index in [4.69, 9.17) is 15.1 Å². The molecule has 5 aromatic carbocycles. The molecule has 0 unspecified atom stereocenters. The number of nitrogens with one attached hydrogen (secondary N) is 3. The summed E-state index contributed by atoms with van der Waals surface area (Å²) in [5.41, 5.74) is -1.45. The minimum Gasteiger partial charge on any atom is -0.505 e. The lowest BCUT2D eigenvalue weighted by Crippen LogP contribution is -2.15. The molecule has 0 radical (unpaired) electrons. The van der Waals surface area contributed by atoms with Crippen molar-refractivity contribution < 1.29 is 98.7 Å². The lowest BCUT2D eigenvalue weighted by molar-refractivity contribution is -0.432. The molecule has 1 aromatic heterocycles. The van der Waals surface area contributed by atoms with Gasteiger partial charge in [-0.25, -0.2) is 31.5 Å². The number of hydrogen-bond acceptors (Lipinski definition) is 30. The molecule has 0 amide bonds. The number of sulfone groups is 2. The Morgan fingerprint density at radius 3 is 1.85 bits per heavy atom. The van der Waals surface area contributed by atoms with Crippen molar-refractivity contribution in [2.45, 2.75) is 19.6 Å². The molecule has 0 saturated carbocycles. The van der Waals surface area contributed by atoms with Crippen molar-refractivity contribution >= 4 is 137 Å². The van der Waals surface area contributed by atoms with Gasteiger partial charge in [-0.05, 0) is 84.9 Å². The van der Waals surface area contributed by atoms with Gasteiger partial charge in [-0.1, -0.05) is 10.1 Å². The zero-order chi connectivity index (χ0) is 54.8. The number of phenolic OH excluding ortho intramolecular Hbond substituents is 1. The van der Waals surface area contributed by atoms with Crippen molar-refractivity contribution in [3.05, 3.63) is 91.0 Å². The van der Waals surface area contributed by atoms with Crippen LogP contribution in [0.25, 0.3) is 10.8 Å². The Kier molecular flexibility index (Phi) is 19.0. The third kappa shape index (κ3) is 16.6. The molecule has 31 nitrogen and oxygen atoms in total. The minimum atomic E-state index is -5.09. The second-order valence-electron chi connectivity index (χ2n) is 14.2. The Hall–Kier alpha value is -6.25. The Bertz CT molecular complexity index is 3720. The number of fused-ring (bicyclic) bond motifs is 1. The van der Waals surface area contributed by atoms with E-state index >= 15 is 0 Å². The zero-order valence-electron chi connectivity index (χ0n) is 36.8. The van der Waals surface area contributed by atoms with Gasteiger partial charge in [0, 0.05) is 39.9 Å². The Balaban J connectivity index is 1.32. The van der Waals surface area contributed by atoms with E-state index in [1.807, 2.05) is 0 Å². The smallest absolute Gasteiger partial charge is 0.397 e. The Morgan fingerprint density at radius 2 is 1.24 bits per heavy atom. The van der Waals surface area contributed by atoms with Crippen LogP contribution in [0.4, 0.5) is 56.1 Å². The predicted octanol–water partition coefficient (Wildman–Crippen LogP) is 6.56. The second-order valence-corrected chi connectivity index (χ2v) is 23.9. The molecule has 0 aliphatic rings. The van der Waals surface area contributed by atoms with Crippen molar-refractivity contribution in [1.82, 2.24) is 15.0 Å². The molecule has 0 spiro atoms. The average molecular weight is 1190 g/mol. The molecule has 402 valence electrons. The van der Waals surface area contributed by atoms with Gasteiger partial charge in [0.05, 0.1) is 56.2 Å². The maximum absolute atomic E-state index is 14.7. The summed E-state index contributed by atoms with van der Waals surface area (Å²) in [6.07, 6.45) is -1.35. The topological polar surface area (TPSA) is 462 Å². The van der Waals surface area contributed by atoms with Crippen LogP contribution < -0.4 is 16.0 Å². The van der Waals surface area contributed by atoms with Crippen LogP contribution in [0.1, 0.15) is 0 Å². The molecule has 0 bridgehead atoms. The number of benzene rings is 5. The Labute approximate surface area is 430 Å². The van der Waals surface area contributed by atoms with E-state index in [9.17, 15) is 60.7 Å². The van der Waals surface area contributed by atoms with Crippen molar-refractivity contribution in [3.8, 4) is 5.75 Å². The van der Waals surface area contributed by atoms with Crippen molar-refractivity contribution in [2.24, 2.45) is 20.5 Å². The predicted molar refractivity (Wildman–Crippen MR) is 259 cm³/mol. The molecular weight excluding hydrogens is 1150 g/mol. The zero-order valence-corrected chi connectivity index (χ0v) is 42.5. The van der Waals surface area contributed by atoms with Crippen LogP contribution in [0.2, 0.25) is 0 Å². The average Bonchev–Trinajstić information content (AvgIpc) is 3.32. The van der Waals surface area contributed by atoms with Crippen LogP contribution in [0, 0.1) is 6.08 Å².